The van der Waals surface area contributed by atoms with Crippen LogP contribution in [0.1, 0.15) is 44.7 Å². The molecule has 0 saturated heterocycles. The van der Waals surface area contributed by atoms with Gasteiger partial charge in [0.2, 0.25) is 5.89 Å². The zero-order chi connectivity index (χ0) is 19.8. The maximum atomic E-state index is 12.9. The molecule has 3 aromatic rings. The first-order valence-electron chi connectivity index (χ1n) is 8.52. The molecular weight excluding hydrogens is 384 g/mol. The number of rotatable bonds is 5. The van der Waals surface area contributed by atoms with Crippen LogP contribution in [0, 0.1) is 0 Å². The molecule has 0 aliphatic heterocycles. The molecule has 3 rings (SSSR count). The topological polar surface area (TPSA) is 73.8 Å². The predicted octanol–water partition coefficient (Wildman–Crippen LogP) is 4.77. The fourth-order valence-electron chi connectivity index (χ4n) is 2.47. The second kappa shape index (κ2) is 7.48. The highest BCUT2D eigenvalue weighted by Gasteiger charge is 2.24. The highest BCUT2D eigenvalue weighted by molar-refractivity contribution is 7.99. The molecule has 8 heteroatoms. The number of aromatic nitrogens is 4. The molecule has 2 heterocycles. The van der Waals surface area contributed by atoms with E-state index in [9.17, 15) is 4.79 Å². The molecule has 0 aliphatic carbocycles. The van der Waals surface area contributed by atoms with Crippen LogP contribution in [0.2, 0.25) is 5.02 Å². The Balaban J connectivity index is 2.01. The SMILES string of the molecule is C=CCn1c(SC(C)c2nc(C(C)(C)C)no2)nc2ccc(Cl)cc2c1=O. The van der Waals surface area contributed by atoms with Crippen molar-refractivity contribution in [1.82, 2.24) is 19.7 Å². The van der Waals surface area contributed by atoms with Crippen LogP contribution in [-0.2, 0) is 12.0 Å². The lowest BCUT2D eigenvalue weighted by atomic mass is 9.96. The molecule has 27 heavy (non-hydrogen) atoms. The lowest BCUT2D eigenvalue weighted by Crippen LogP contribution is -2.23. The number of benzene rings is 1. The Kier molecular flexibility index (Phi) is 5.44. The zero-order valence-electron chi connectivity index (χ0n) is 15.7. The molecule has 0 fully saturated rings. The fraction of sp³-hybridized carbons (Fsp3) is 0.368. The normalized spacial score (nSPS) is 13.1. The molecule has 1 atom stereocenters. The van der Waals surface area contributed by atoms with Crippen molar-refractivity contribution in [1.29, 1.82) is 0 Å². The van der Waals surface area contributed by atoms with Crippen LogP contribution < -0.4 is 5.56 Å². The van der Waals surface area contributed by atoms with Crippen molar-refractivity contribution in [2.45, 2.75) is 50.1 Å². The fourth-order valence-corrected chi connectivity index (χ4v) is 3.59. The van der Waals surface area contributed by atoms with E-state index in [2.05, 4.69) is 21.7 Å². The van der Waals surface area contributed by atoms with Gasteiger partial charge in [0.25, 0.3) is 5.56 Å². The van der Waals surface area contributed by atoms with Crippen molar-refractivity contribution in [2.75, 3.05) is 0 Å². The Morgan fingerprint density at radius 1 is 1.37 bits per heavy atom. The molecule has 1 unspecified atom stereocenters. The first kappa shape index (κ1) is 19.6. The van der Waals surface area contributed by atoms with Gasteiger partial charge in [0.1, 0.15) is 0 Å². The largest absolute Gasteiger partial charge is 0.338 e. The maximum absolute atomic E-state index is 12.9. The second-order valence-corrected chi connectivity index (χ2v) is 8.97. The number of allylic oxidation sites excluding steroid dienone is 1. The van der Waals surface area contributed by atoms with Crippen LogP contribution in [0.4, 0.5) is 0 Å². The zero-order valence-corrected chi connectivity index (χ0v) is 17.3. The number of fused-ring (bicyclic) bond motifs is 1. The van der Waals surface area contributed by atoms with Crippen molar-refractivity contribution in [2.24, 2.45) is 0 Å². The van der Waals surface area contributed by atoms with E-state index in [4.69, 9.17) is 16.1 Å². The molecule has 0 N–H and O–H groups in total. The highest BCUT2D eigenvalue weighted by Crippen LogP contribution is 2.34. The number of halogens is 1. The number of hydrogen-bond acceptors (Lipinski definition) is 6. The highest BCUT2D eigenvalue weighted by atomic mass is 35.5. The van der Waals surface area contributed by atoms with Gasteiger partial charge in [-0.3, -0.25) is 9.36 Å². The monoisotopic (exact) mass is 404 g/mol. The van der Waals surface area contributed by atoms with Gasteiger partial charge in [-0.05, 0) is 25.1 Å². The molecule has 0 amide bonds. The van der Waals surface area contributed by atoms with Crippen molar-refractivity contribution in [3.63, 3.8) is 0 Å². The van der Waals surface area contributed by atoms with Crippen LogP contribution in [0.25, 0.3) is 10.9 Å². The molecule has 0 bridgehead atoms. The molecule has 0 aliphatic rings. The van der Waals surface area contributed by atoms with E-state index >= 15 is 0 Å². The average Bonchev–Trinajstić information content (AvgIpc) is 3.09. The summed E-state index contributed by atoms with van der Waals surface area (Å²) in [6.07, 6.45) is 1.67. The standard InChI is InChI=1S/C19H21ClN4O2S/c1-6-9-24-16(25)13-10-12(20)7-8-14(13)21-18(24)27-11(2)15-22-17(23-26-15)19(3,4)5/h6-8,10-11H,1,9H2,2-5H3. The summed E-state index contributed by atoms with van der Waals surface area (Å²) in [7, 11) is 0. The smallest absolute Gasteiger partial charge is 0.262 e. The summed E-state index contributed by atoms with van der Waals surface area (Å²) in [4.78, 5) is 22.0. The third-order valence-electron chi connectivity index (χ3n) is 3.94. The lowest BCUT2D eigenvalue weighted by Gasteiger charge is -2.14. The van der Waals surface area contributed by atoms with Gasteiger partial charge in [0.05, 0.1) is 16.2 Å². The summed E-state index contributed by atoms with van der Waals surface area (Å²) < 4.78 is 7.00. The summed E-state index contributed by atoms with van der Waals surface area (Å²) in [6, 6.07) is 5.10. The summed E-state index contributed by atoms with van der Waals surface area (Å²) in [6.45, 7) is 12.1. The Labute approximate surface area is 166 Å². The number of nitrogens with zero attached hydrogens (tertiary/aromatic N) is 4. The van der Waals surface area contributed by atoms with Crippen molar-refractivity contribution in [3.05, 3.63) is 57.9 Å². The van der Waals surface area contributed by atoms with Crippen LogP contribution in [0.15, 0.2) is 45.3 Å². The van der Waals surface area contributed by atoms with Crippen LogP contribution >= 0.6 is 23.4 Å². The molecule has 142 valence electrons. The van der Waals surface area contributed by atoms with Gasteiger partial charge in [-0.15, -0.1) is 6.58 Å². The molecule has 0 radical (unpaired) electrons. The first-order chi connectivity index (χ1) is 12.7. The Hall–Kier alpha value is -2.12. The van der Waals surface area contributed by atoms with E-state index in [1.54, 1.807) is 28.8 Å². The summed E-state index contributed by atoms with van der Waals surface area (Å²) >= 11 is 7.43. The van der Waals surface area contributed by atoms with Gasteiger partial charge in [-0.25, -0.2) is 4.98 Å². The van der Waals surface area contributed by atoms with Crippen molar-refractivity contribution in [3.8, 4) is 0 Å². The quantitative estimate of drug-likeness (QED) is 0.346. The molecular formula is C19H21ClN4O2S. The van der Waals surface area contributed by atoms with E-state index in [0.29, 0.717) is 39.3 Å². The molecule has 1 aromatic carbocycles. The second-order valence-electron chi connectivity index (χ2n) is 7.23. The van der Waals surface area contributed by atoms with Gasteiger partial charge >= 0.3 is 0 Å². The first-order valence-corrected chi connectivity index (χ1v) is 9.78. The van der Waals surface area contributed by atoms with E-state index in [1.165, 1.54) is 11.8 Å². The van der Waals surface area contributed by atoms with Crippen LogP contribution in [0.5, 0.6) is 0 Å². The minimum Gasteiger partial charge on any atom is -0.338 e. The Morgan fingerprint density at radius 2 is 2.11 bits per heavy atom. The third kappa shape index (κ3) is 4.09. The van der Waals surface area contributed by atoms with Crippen molar-refractivity contribution >= 4 is 34.3 Å². The summed E-state index contributed by atoms with van der Waals surface area (Å²) in [5, 5.41) is 5.45. The van der Waals surface area contributed by atoms with E-state index in [1.807, 2.05) is 27.7 Å². The number of thioether (sulfide) groups is 1. The maximum Gasteiger partial charge on any atom is 0.262 e. The lowest BCUT2D eigenvalue weighted by molar-refractivity contribution is 0.364. The van der Waals surface area contributed by atoms with E-state index in [0.717, 1.165) is 0 Å². The van der Waals surface area contributed by atoms with E-state index in [-0.39, 0.29) is 16.2 Å². The van der Waals surface area contributed by atoms with Crippen LogP contribution in [0.3, 0.4) is 0 Å². The summed E-state index contributed by atoms with van der Waals surface area (Å²) in [5.74, 6) is 1.15. The minimum atomic E-state index is -0.197. The third-order valence-corrected chi connectivity index (χ3v) is 5.25. The van der Waals surface area contributed by atoms with Crippen LogP contribution in [-0.4, -0.2) is 19.7 Å². The van der Waals surface area contributed by atoms with Gasteiger partial charge < -0.3 is 4.52 Å². The van der Waals surface area contributed by atoms with E-state index < -0.39 is 0 Å². The minimum absolute atomic E-state index is 0.155. The summed E-state index contributed by atoms with van der Waals surface area (Å²) in [5.41, 5.74) is 0.246. The number of hydrogen-bond donors (Lipinski definition) is 0. The molecule has 6 nitrogen and oxygen atoms in total. The van der Waals surface area contributed by atoms with Gasteiger partial charge in [0.15, 0.2) is 11.0 Å². The molecule has 2 aromatic heterocycles. The van der Waals surface area contributed by atoms with Crippen molar-refractivity contribution < 1.29 is 4.52 Å². The predicted molar refractivity (Wildman–Crippen MR) is 108 cm³/mol. The molecule has 0 saturated carbocycles. The molecule has 0 spiro atoms. The Morgan fingerprint density at radius 3 is 2.74 bits per heavy atom. The Bertz CT molecular complexity index is 1050. The van der Waals surface area contributed by atoms with Gasteiger partial charge in [-0.2, -0.15) is 4.98 Å². The van der Waals surface area contributed by atoms with Gasteiger partial charge in [0, 0.05) is 17.0 Å². The average molecular weight is 405 g/mol. The van der Waals surface area contributed by atoms with Gasteiger partial charge in [-0.1, -0.05) is 55.4 Å².